The number of Topliss-reactive ketones (excluding diaryl/α,β-unsaturated/α-hetero) is 1. The molecule has 0 bridgehead atoms. The van der Waals surface area contributed by atoms with Crippen molar-refractivity contribution in [1.82, 2.24) is 0 Å². The number of methoxy groups -OCH3 is 1. The van der Waals surface area contributed by atoms with Gasteiger partial charge in [0.05, 0.1) is 13.2 Å². The van der Waals surface area contributed by atoms with E-state index in [0.29, 0.717) is 13.2 Å². The number of carbonyl (C=O) groups is 3. The maximum Gasteiger partial charge on any atom is 0.313 e. The Morgan fingerprint density at radius 1 is 1.17 bits per heavy atom. The van der Waals surface area contributed by atoms with E-state index < -0.39 is 5.97 Å². The normalized spacial score (nSPS) is 10.7. The quantitative estimate of drug-likeness (QED) is 0.527. The zero-order valence-corrected chi connectivity index (χ0v) is 11.6. The minimum atomic E-state index is -0.440. The van der Waals surface area contributed by atoms with E-state index in [4.69, 9.17) is 9.47 Å². The van der Waals surface area contributed by atoms with Gasteiger partial charge in [0.1, 0.15) is 18.3 Å². The van der Waals surface area contributed by atoms with Crippen molar-refractivity contribution in [3.05, 3.63) is 0 Å². The molecule has 0 fully saturated rings. The van der Waals surface area contributed by atoms with Crippen LogP contribution in [0.5, 0.6) is 0 Å². The van der Waals surface area contributed by atoms with Crippen LogP contribution in [0.2, 0.25) is 0 Å². The Labute approximate surface area is 108 Å². The summed E-state index contributed by atoms with van der Waals surface area (Å²) in [6.07, 6.45) is -0.235. The first-order chi connectivity index (χ1) is 8.33. The van der Waals surface area contributed by atoms with Gasteiger partial charge in [-0.05, 0) is 20.8 Å². The fourth-order valence-corrected chi connectivity index (χ4v) is 0.967. The number of carbonyl (C=O) groups excluding carboxylic acids is 3. The molecule has 18 heavy (non-hydrogen) atoms. The van der Waals surface area contributed by atoms with Gasteiger partial charge in [-0.3, -0.25) is 14.4 Å². The number of rotatable bonds is 6. The third-order valence-electron chi connectivity index (χ3n) is 1.47. The van der Waals surface area contributed by atoms with E-state index in [2.05, 4.69) is 4.74 Å². The van der Waals surface area contributed by atoms with Crippen LogP contribution < -0.4 is 0 Å². The standard InChI is InChI=1S/C6H12O3.C6H10O3/c1-5(4-8-3)9-6(2)7;1-3-9-6(8)4-5(2)7/h5H,4H2,1-3H3;3-4H2,1-2H3. The van der Waals surface area contributed by atoms with Crippen LogP contribution in [0.25, 0.3) is 0 Å². The number of hydrogen-bond donors (Lipinski definition) is 0. The number of hydrogen-bond acceptors (Lipinski definition) is 6. The predicted octanol–water partition coefficient (Wildman–Crippen LogP) is 1.11. The summed E-state index contributed by atoms with van der Waals surface area (Å²) in [5.74, 6) is -0.863. The molecule has 0 radical (unpaired) electrons. The molecule has 0 aromatic carbocycles. The van der Waals surface area contributed by atoms with Crippen LogP contribution in [0.3, 0.4) is 0 Å². The van der Waals surface area contributed by atoms with E-state index in [1.54, 1.807) is 21.0 Å². The molecule has 0 saturated heterocycles. The molecule has 0 amide bonds. The maximum absolute atomic E-state index is 10.4. The third-order valence-corrected chi connectivity index (χ3v) is 1.47. The van der Waals surface area contributed by atoms with Gasteiger partial charge in [0.15, 0.2) is 0 Å². The first-order valence-corrected chi connectivity index (χ1v) is 5.64. The fourth-order valence-electron chi connectivity index (χ4n) is 0.967. The van der Waals surface area contributed by atoms with Crippen molar-refractivity contribution in [2.45, 2.75) is 40.2 Å². The molecule has 0 spiro atoms. The van der Waals surface area contributed by atoms with Crippen molar-refractivity contribution >= 4 is 17.7 Å². The largest absolute Gasteiger partial charge is 0.466 e. The summed E-state index contributed by atoms with van der Waals surface area (Å²) in [4.78, 5) is 30.9. The molecule has 0 aliphatic rings. The molecule has 6 nitrogen and oxygen atoms in total. The van der Waals surface area contributed by atoms with Crippen LogP contribution in [0.4, 0.5) is 0 Å². The van der Waals surface area contributed by atoms with Crippen molar-refractivity contribution in [2.24, 2.45) is 0 Å². The van der Waals surface area contributed by atoms with E-state index >= 15 is 0 Å². The van der Waals surface area contributed by atoms with Gasteiger partial charge < -0.3 is 14.2 Å². The summed E-state index contributed by atoms with van der Waals surface area (Å²) in [7, 11) is 1.57. The van der Waals surface area contributed by atoms with Gasteiger partial charge in [-0.1, -0.05) is 0 Å². The monoisotopic (exact) mass is 262 g/mol. The third kappa shape index (κ3) is 17.0. The van der Waals surface area contributed by atoms with Crippen LogP contribution in [0, 0.1) is 0 Å². The van der Waals surface area contributed by atoms with Crippen molar-refractivity contribution in [3.8, 4) is 0 Å². The zero-order valence-electron chi connectivity index (χ0n) is 11.6. The predicted molar refractivity (Wildman–Crippen MR) is 65.0 cm³/mol. The first kappa shape index (κ1) is 18.9. The Morgan fingerprint density at radius 3 is 2.06 bits per heavy atom. The molecule has 6 heteroatoms. The number of esters is 2. The Morgan fingerprint density at radius 2 is 1.72 bits per heavy atom. The van der Waals surface area contributed by atoms with Gasteiger partial charge in [-0.25, -0.2) is 0 Å². The Balaban J connectivity index is 0. The van der Waals surface area contributed by atoms with Gasteiger partial charge in [-0.2, -0.15) is 0 Å². The second-order valence-corrected chi connectivity index (χ2v) is 3.56. The smallest absolute Gasteiger partial charge is 0.313 e. The molecule has 0 aliphatic carbocycles. The molecule has 1 unspecified atom stereocenters. The molecule has 0 N–H and O–H groups in total. The summed E-state index contributed by atoms with van der Waals surface area (Å²) >= 11 is 0. The van der Waals surface area contributed by atoms with E-state index in [1.165, 1.54) is 13.8 Å². The number of ketones is 1. The Bertz CT molecular complexity index is 261. The summed E-state index contributed by atoms with van der Waals surface area (Å²) < 4.78 is 13.9. The first-order valence-electron chi connectivity index (χ1n) is 5.64. The molecule has 0 rings (SSSR count). The highest BCUT2D eigenvalue weighted by Crippen LogP contribution is 1.90. The van der Waals surface area contributed by atoms with Crippen molar-refractivity contribution < 1.29 is 28.6 Å². The maximum atomic E-state index is 10.4. The lowest BCUT2D eigenvalue weighted by Gasteiger charge is -2.08. The Hall–Kier alpha value is -1.43. The van der Waals surface area contributed by atoms with Crippen molar-refractivity contribution in [1.29, 1.82) is 0 Å². The SMILES string of the molecule is CCOC(=O)CC(C)=O.COCC(C)OC(C)=O. The highest BCUT2D eigenvalue weighted by atomic mass is 16.6. The van der Waals surface area contributed by atoms with Gasteiger partial charge >= 0.3 is 11.9 Å². The van der Waals surface area contributed by atoms with Crippen molar-refractivity contribution in [3.63, 3.8) is 0 Å². The lowest BCUT2D eigenvalue weighted by molar-refractivity contribution is -0.148. The van der Waals surface area contributed by atoms with Gasteiger partial charge in [-0.15, -0.1) is 0 Å². The van der Waals surface area contributed by atoms with E-state index in [1.807, 2.05) is 0 Å². The van der Waals surface area contributed by atoms with E-state index in [0.717, 1.165) is 0 Å². The lowest BCUT2D eigenvalue weighted by atomic mass is 10.3. The molecule has 106 valence electrons. The number of ether oxygens (including phenoxy) is 3. The van der Waals surface area contributed by atoms with Gasteiger partial charge in [0.2, 0.25) is 0 Å². The molecule has 0 saturated carbocycles. The zero-order chi connectivity index (χ0) is 14.6. The second kappa shape index (κ2) is 12.0. The highest BCUT2D eigenvalue weighted by molar-refractivity contribution is 5.94. The highest BCUT2D eigenvalue weighted by Gasteiger charge is 2.03. The average Bonchev–Trinajstić information content (AvgIpc) is 2.16. The molecule has 0 aromatic heterocycles. The minimum absolute atomic E-state index is 0.103. The molecule has 0 aliphatic heterocycles. The Kier molecular flexibility index (Phi) is 12.7. The van der Waals surface area contributed by atoms with Crippen LogP contribution in [-0.2, 0) is 28.6 Å². The lowest BCUT2D eigenvalue weighted by Crippen LogP contribution is -2.17. The topological polar surface area (TPSA) is 78.9 Å². The van der Waals surface area contributed by atoms with E-state index in [9.17, 15) is 14.4 Å². The minimum Gasteiger partial charge on any atom is -0.466 e. The van der Waals surface area contributed by atoms with Crippen LogP contribution in [0.15, 0.2) is 0 Å². The molecule has 0 aromatic rings. The van der Waals surface area contributed by atoms with Crippen LogP contribution >= 0.6 is 0 Å². The van der Waals surface area contributed by atoms with Gasteiger partial charge in [0.25, 0.3) is 0 Å². The molecule has 0 heterocycles. The van der Waals surface area contributed by atoms with Crippen LogP contribution in [-0.4, -0.2) is 44.1 Å². The van der Waals surface area contributed by atoms with E-state index in [-0.39, 0.29) is 24.3 Å². The molecular weight excluding hydrogens is 240 g/mol. The molecular formula is C12H22O6. The van der Waals surface area contributed by atoms with Crippen LogP contribution in [0.1, 0.15) is 34.1 Å². The second-order valence-electron chi connectivity index (χ2n) is 3.56. The summed E-state index contributed by atoms with van der Waals surface area (Å²) in [6.45, 7) is 7.03. The average molecular weight is 262 g/mol. The summed E-state index contributed by atoms with van der Waals surface area (Å²) in [5, 5.41) is 0. The summed E-state index contributed by atoms with van der Waals surface area (Å²) in [6, 6.07) is 0. The van der Waals surface area contributed by atoms with Gasteiger partial charge in [0, 0.05) is 14.0 Å². The van der Waals surface area contributed by atoms with Crippen molar-refractivity contribution in [2.75, 3.05) is 20.3 Å². The fraction of sp³-hybridized carbons (Fsp3) is 0.750. The summed E-state index contributed by atoms with van der Waals surface area (Å²) in [5.41, 5.74) is 0. The molecule has 1 atom stereocenters.